The molecule has 1 aromatic heterocycles. The summed E-state index contributed by atoms with van der Waals surface area (Å²) in [6.07, 6.45) is 1.50. The average Bonchev–Trinajstić information content (AvgIpc) is 2.04. The highest BCUT2D eigenvalue weighted by Crippen LogP contribution is 2.11. The largest absolute Gasteiger partial charge is 0.302 e. The molecule has 0 aliphatic carbocycles. The minimum absolute atomic E-state index is 0.382. The van der Waals surface area contributed by atoms with Crippen LogP contribution in [0.1, 0.15) is 0 Å². The van der Waals surface area contributed by atoms with E-state index in [0.717, 1.165) is 0 Å². The van der Waals surface area contributed by atoms with Crippen LogP contribution in [0.3, 0.4) is 0 Å². The Hall–Kier alpha value is -1.05. The first-order valence-electron chi connectivity index (χ1n) is 3.26. The maximum Gasteiger partial charge on any atom is 0.302 e. The fourth-order valence-electron chi connectivity index (χ4n) is 0.664. The third-order valence-corrected chi connectivity index (χ3v) is 1.56. The summed E-state index contributed by atoms with van der Waals surface area (Å²) in [4.78, 5) is 17.1. The van der Waals surface area contributed by atoms with Gasteiger partial charge in [0.05, 0.1) is 0 Å². The molecule has 1 heterocycles. The van der Waals surface area contributed by atoms with Crippen molar-refractivity contribution in [2.75, 3.05) is 5.32 Å². The number of pyridine rings is 1. The van der Waals surface area contributed by atoms with E-state index in [4.69, 9.17) is 11.6 Å². The maximum absolute atomic E-state index is 10.9. The summed E-state index contributed by atoms with van der Waals surface area (Å²) in [5, 5.41) is 2.96. The molecule has 0 bridgehead atoms. The zero-order chi connectivity index (χ0) is 9.68. The second kappa shape index (κ2) is 4.85. The van der Waals surface area contributed by atoms with Gasteiger partial charge in [0.1, 0.15) is 5.82 Å². The van der Waals surface area contributed by atoms with Crippen LogP contribution in [0, 0.1) is 10.8 Å². The molecule has 13 heavy (non-hydrogen) atoms. The number of nitrogens with zero attached hydrogens (tertiary/aromatic N) is 1. The van der Waals surface area contributed by atoms with Crippen LogP contribution >= 0.6 is 27.5 Å². The number of aromatic nitrogens is 1. The Morgan fingerprint density at radius 3 is 3.08 bits per heavy atom. The Labute approximate surface area is 88.6 Å². The van der Waals surface area contributed by atoms with Crippen molar-refractivity contribution in [1.82, 2.24) is 4.98 Å². The number of hydrogen-bond acceptors (Lipinski definition) is 2. The van der Waals surface area contributed by atoms with Gasteiger partial charge in [0.25, 0.3) is 0 Å². The van der Waals surface area contributed by atoms with E-state index in [2.05, 4.69) is 37.0 Å². The van der Waals surface area contributed by atoms with Crippen LogP contribution in [0.2, 0.25) is 5.02 Å². The second-order valence-electron chi connectivity index (χ2n) is 2.03. The first-order valence-corrected chi connectivity index (χ1v) is 4.43. The molecular weight excluding hydrogens is 255 g/mol. The van der Waals surface area contributed by atoms with Crippen LogP contribution < -0.4 is 5.32 Å². The van der Waals surface area contributed by atoms with Gasteiger partial charge in [-0.25, -0.2) is 4.98 Å². The van der Waals surface area contributed by atoms with Crippen LogP contribution in [-0.2, 0) is 4.79 Å². The Morgan fingerprint density at radius 1 is 1.69 bits per heavy atom. The van der Waals surface area contributed by atoms with E-state index in [1.165, 1.54) is 12.3 Å². The van der Waals surface area contributed by atoms with Crippen LogP contribution in [-0.4, -0.2) is 10.9 Å². The van der Waals surface area contributed by atoms with Gasteiger partial charge >= 0.3 is 5.91 Å². The van der Waals surface area contributed by atoms with Crippen molar-refractivity contribution >= 4 is 39.3 Å². The Bertz CT molecular complexity index is 383. The van der Waals surface area contributed by atoms with Crippen molar-refractivity contribution in [3.63, 3.8) is 0 Å². The molecule has 0 aliphatic rings. The molecule has 0 atom stereocenters. The van der Waals surface area contributed by atoms with Crippen molar-refractivity contribution < 1.29 is 4.79 Å². The molecule has 0 aromatic carbocycles. The first kappa shape index (κ1) is 10.0. The average molecular weight is 259 g/mol. The highest BCUT2D eigenvalue weighted by atomic mass is 79.9. The molecule has 0 fully saturated rings. The molecule has 0 unspecified atom stereocenters. The summed E-state index contributed by atoms with van der Waals surface area (Å²) >= 11 is 8.48. The van der Waals surface area contributed by atoms with Crippen LogP contribution in [0.25, 0.3) is 0 Å². The van der Waals surface area contributed by atoms with Gasteiger partial charge in [0.2, 0.25) is 0 Å². The molecule has 1 rings (SSSR count). The highest BCUT2D eigenvalue weighted by Gasteiger charge is 1.98. The smallest absolute Gasteiger partial charge is 0.300 e. The lowest BCUT2D eigenvalue weighted by Gasteiger charge is -1.98. The predicted molar refractivity (Wildman–Crippen MR) is 54.6 cm³/mol. The summed E-state index contributed by atoms with van der Waals surface area (Å²) < 4.78 is 0. The van der Waals surface area contributed by atoms with Crippen molar-refractivity contribution in [1.29, 1.82) is 0 Å². The fourth-order valence-corrected chi connectivity index (χ4v) is 1.00. The summed E-state index contributed by atoms with van der Waals surface area (Å²) in [5.74, 6) is 2.19. The third-order valence-electron chi connectivity index (χ3n) is 1.12. The van der Waals surface area contributed by atoms with Gasteiger partial charge in [-0.05, 0) is 17.0 Å². The molecule has 0 spiro atoms. The lowest BCUT2D eigenvalue weighted by molar-refractivity contribution is -0.111. The molecule has 0 saturated carbocycles. The zero-order valence-electron chi connectivity index (χ0n) is 6.34. The minimum Gasteiger partial charge on any atom is -0.300 e. The molecular formula is C8H4BrClN2O. The van der Waals surface area contributed by atoms with Crippen molar-refractivity contribution in [2.45, 2.75) is 0 Å². The third kappa shape index (κ3) is 3.45. The molecule has 3 nitrogen and oxygen atoms in total. The Morgan fingerprint density at radius 2 is 2.46 bits per heavy atom. The summed E-state index contributed by atoms with van der Waals surface area (Å²) in [5.41, 5.74) is 0. The number of hydrogen-bond donors (Lipinski definition) is 1. The highest BCUT2D eigenvalue weighted by molar-refractivity contribution is 9.12. The van der Waals surface area contributed by atoms with E-state index in [9.17, 15) is 4.79 Å². The van der Waals surface area contributed by atoms with Gasteiger partial charge in [-0.3, -0.25) is 10.1 Å². The standard InChI is InChI=1S/C8H4BrClN2O/c9-3-1-8(13)12-7-5-6(10)2-4-11-7/h2,4-5H,(H,11,12,13). The number of nitrogens with one attached hydrogen (secondary N) is 1. The van der Waals surface area contributed by atoms with E-state index < -0.39 is 5.91 Å². The molecule has 1 aromatic rings. The molecule has 1 amide bonds. The Balaban J connectivity index is 2.73. The molecule has 5 heteroatoms. The summed E-state index contributed by atoms with van der Waals surface area (Å²) in [6, 6.07) is 3.16. The number of rotatable bonds is 1. The SMILES string of the molecule is O=C(C#CBr)Nc1cc(Cl)ccn1. The van der Waals surface area contributed by atoms with Crippen LogP contribution in [0.15, 0.2) is 18.3 Å². The van der Waals surface area contributed by atoms with E-state index in [1.807, 2.05) is 0 Å². The normalized spacial score (nSPS) is 8.46. The van der Waals surface area contributed by atoms with Crippen molar-refractivity contribution in [3.8, 4) is 10.8 Å². The van der Waals surface area contributed by atoms with Crippen molar-refractivity contribution in [2.24, 2.45) is 0 Å². The van der Waals surface area contributed by atoms with Gasteiger partial charge < -0.3 is 0 Å². The summed E-state index contributed by atoms with van der Waals surface area (Å²) in [7, 11) is 0. The lowest BCUT2D eigenvalue weighted by atomic mass is 10.4. The van der Waals surface area contributed by atoms with Crippen molar-refractivity contribution in [3.05, 3.63) is 23.4 Å². The number of amides is 1. The van der Waals surface area contributed by atoms with Gasteiger partial charge in [0, 0.05) is 33.1 Å². The summed E-state index contributed by atoms with van der Waals surface area (Å²) in [6.45, 7) is 0. The molecule has 1 N–H and O–H groups in total. The number of carbonyl (C=O) groups is 1. The fraction of sp³-hybridized carbons (Fsp3) is 0. The quantitative estimate of drug-likeness (QED) is 0.784. The van der Waals surface area contributed by atoms with Gasteiger partial charge in [-0.2, -0.15) is 0 Å². The lowest BCUT2D eigenvalue weighted by Crippen LogP contribution is -2.09. The zero-order valence-corrected chi connectivity index (χ0v) is 8.69. The van der Waals surface area contributed by atoms with E-state index in [-0.39, 0.29) is 0 Å². The monoisotopic (exact) mass is 258 g/mol. The van der Waals surface area contributed by atoms with Gasteiger partial charge in [0.15, 0.2) is 0 Å². The molecule has 0 radical (unpaired) electrons. The Kier molecular flexibility index (Phi) is 3.74. The van der Waals surface area contributed by atoms with E-state index in [1.54, 1.807) is 6.07 Å². The molecule has 66 valence electrons. The van der Waals surface area contributed by atoms with Gasteiger partial charge in [-0.15, -0.1) is 0 Å². The predicted octanol–water partition coefficient (Wildman–Crippen LogP) is 2.03. The van der Waals surface area contributed by atoms with E-state index >= 15 is 0 Å². The molecule has 0 saturated heterocycles. The topological polar surface area (TPSA) is 42.0 Å². The van der Waals surface area contributed by atoms with Crippen LogP contribution in [0.4, 0.5) is 5.82 Å². The first-order chi connectivity index (χ1) is 6.22. The van der Waals surface area contributed by atoms with Crippen LogP contribution in [0.5, 0.6) is 0 Å². The minimum atomic E-state index is -0.438. The number of carbonyl (C=O) groups excluding carboxylic acids is 1. The number of anilines is 1. The van der Waals surface area contributed by atoms with E-state index in [0.29, 0.717) is 10.8 Å². The maximum atomic E-state index is 10.9. The molecule has 0 aliphatic heterocycles. The number of halogens is 2. The second-order valence-corrected chi connectivity index (χ2v) is 2.87. The van der Waals surface area contributed by atoms with Gasteiger partial charge in [-0.1, -0.05) is 11.6 Å².